The summed E-state index contributed by atoms with van der Waals surface area (Å²) >= 11 is 6.51. The third-order valence-corrected chi connectivity index (χ3v) is 5.42. The fourth-order valence-corrected chi connectivity index (χ4v) is 3.93. The zero-order valence-electron chi connectivity index (χ0n) is 16.2. The predicted molar refractivity (Wildman–Crippen MR) is 116 cm³/mol. The summed E-state index contributed by atoms with van der Waals surface area (Å²) in [7, 11) is 0. The zero-order chi connectivity index (χ0) is 17.6. The molecule has 2 saturated heterocycles. The highest BCUT2D eigenvalue weighted by atomic mass is 35.5. The van der Waals surface area contributed by atoms with Crippen molar-refractivity contribution >= 4 is 36.4 Å². The van der Waals surface area contributed by atoms with E-state index >= 15 is 0 Å². The van der Waals surface area contributed by atoms with E-state index in [1.807, 2.05) is 26.0 Å². The van der Waals surface area contributed by atoms with E-state index in [1.54, 1.807) is 0 Å². The van der Waals surface area contributed by atoms with Gasteiger partial charge in [0.15, 0.2) is 11.5 Å². The maximum absolute atomic E-state index is 6.51. The largest absolute Gasteiger partial charge is 0.490 e. The number of nitrogens with zero attached hydrogens (tertiary/aromatic N) is 2. The van der Waals surface area contributed by atoms with E-state index in [4.69, 9.17) is 21.1 Å². The predicted octanol–water partition coefficient (Wildman–Crippen LogP) is 3.46. The first-order chi connectivity index (χ1) is 12.2. The van der Waals surface area contributed by atoms with E-state index in [0.717, 1.165) is 73.9 Å². The van der Waals surface area contributed by atoms with Crippen LogP contribution >= 0.6 is 36.4 Å². The van der Waals surface area contributed by atoms with E-state index in [1.165, 1.54) is 6.42 Å². The summed E-state index contributed by atoms with van der Waals surface area (Å²) in [5, 5.41) is 4.22. The molecule has 0 aromatic heterocycles. The number of ether oxygens (including phenoxy) is 2. The second-order valence-corrected chi connectivity index (χ2v) is 7.12. The van der Waals surface area contributed by atoms with Gasteiger partial charge in [0.2, 0.25) is 0 Å². The number of piperazine rings is 1. The molecular formula is C19H32Cl3N3O2. The summed E-state index contributed by atoms with van der Waals surface area (Å²) in [6.07, 6.45) is 1.28. The maximum atomic E-state index is 6.51. The van der Waals surface area contributed by atoms with Crippen LogP contribution in [0.3, 0.4) is 0 Å². The minimum absolute atomic E-state index is 0. The van der Waals surface area contributed by atoms with Crippen LogP contribution < -0.4 is 14.8 Å². The van der Waals surface area contributed by atoms with Gasteiger partial charge in [-0.3, -0.25) is 9.80 Å². The molecule has 0 saturated carbocycles. The van der Waals surface area contributed by atoms with Crippen LogP contribution in [0.2, 0.25) is 5.02 Å². The van der Waals surface area contributed by atoms with Gasteiger partial charge in [0.05, 0.1) is 13.2 Å². The quantitative estimate of drug-likeness (QED) is 0.703. The first kappa shape index (κ1) is 24.6. The van der Waals surface area contributed by atoms with Crippen LogP contribution in [-0.4, -0.2) is 68.3 Å². The van der Waals surface area contributed by atoms with Crippen molar-refractivity contribution in [3.8, 4) is 11.5 Å². The lowest BCUT2D eigenvalue weighted by molar-refractivity contribution is 0.0981. The summed E-state index contributed by atoms with van der Waals surface area (Å²) in [6, 6.07) is 4.66. The van der Waals surface area contributed by atoms with Crippen molar-refractivity contribution in [1.29, 1.82) is 0 Å². The third-order valence-electron chi connectivity index (χ3n) is 5.06. The van der Waals surface area contributed by atoms with Crippen molar-refractivity contribution < 1.29 is 9.47 Å². The Balaban J connectivity index is 0.00000182. The summed E-state index contributed by atoms with van der Waals surface area (Å²) in [5.74, 6) is 1.52. The maximum Gasteiger partial charge on any atom is 0.162 e. The molecular weight excluding hydrogens is 409 g/mol. The molecule has 156 valence electrons. The van der Waals surface area contributed by atoms with Crippen molar-refractivity contribution in [2.75, 3.05) is 52.5 Å². The summed E-state index contributed by atoms with van der Waals surface area (Å²) < 4.78 is 11.4. The van der Waals surface area contributed by atoms with Crippen LogP contribution in [-0.2, 0) is 6.54 Å². The molecule has 0 spiro atoms. The van der Waals surface area contributed by atoms with Gasteiger partial charge in [-0.1, -0.05) is 11.6 Å². The van der Waals surface area contributed by atoms with Gasteiger partial charge in [-0.2, -0.15) is 0 Å². The van der Waals surface area contributed by atoms with Crippen LogP contribution in [0.1, 0.15) is 25.8 Å². The number of hydrogen-bond acceptors (Lipinski definition) is 5. The van der Waals surface area contributed by atoms with Crippen molar-refractivity contribution in [1.82, 2.24) is 15.1 Å². The van der Waals surface area contributed by atoms with Crippen molar-refractivity contribution in [2.24, 2.45) is 0 Å². The second-order valence-electron chi connectivity index (χ2n) is 6.72. The van der Waals surface area contributed by atoms with Gasteiger partial charge in [0.1, 0.15) is 0 Å². The highest BCUT2D eigenvalue weighted by Gasteiger charge is 2.26. The van der Waals surface area contributed by atoms with E-state index in [9.17, 15) is 0 Å². The van der Waals surface area contributed by atoms with E-state index in [2.05, 4.69) is 15.1 Å². The molecule has 5 nitrogen and oxygen atoms in total. The summed E-state index contributed by atoms with van der Waals surface area (Å²) in [5.41, 5.74) is 1.12. The number of benzene rings is 1. The highest BCUT2D eigenvalue weighted by Crippen LogP contribution is 2.34. The van der Waals surface area contributed by atoms with Crippen LogP contribution in [0.5, 0.6) is 11.5 Å². The molecule has 0 amide bonds. The fourth-order valence-electron chi connectivity index (χ4n) is 3.71. The number of halogens is 3. The molecule has 27 heavy (non-hydrogen) atoms. The van der Waals surface area contributed by atoms with E-state index in [-0.39, 0.29) is 24.8 Å². The molecule has 2 aliphatic rings. The molecule has 1 atom stereocenters. The van der Waals surface area contributed by atoms with Gasteiger partial charge in [-0.15, -0.1) is 24.8 Å². The minimum atomic E-state index is 0. The Morgan fingerprint density at radius 1 is 1.04 bits per heavy atom. The Bertz CT molecular complexity index is 563. The van der Waals surface area contributed by atoms with Gasteiger partial charge >= 0.3 is 0 Å². The minimum Gasteiger partial charge on any atom is -0.490 e. The Morgan fingerprint density at radius 2 is 1.67 bits per heavy atom. The number of hydrogen-bond donors (Lipinski definition) is 1. The van der Waals surface area contributed by atoms with E-state index < -0.39 is 0 Å². The fraction of sp³-hybridized carbons (Fsp3) is 0.684. The SMILES string of the molecule is CCOc1cc(Cl)c(CN2CCN(C3CCNC3)CC2)cc1OCC.Cl.Cl. The lowest BCUT2D eigenvalue weighted by atomic mass is 10.1. The van der Waals surface area contributed by atoms with Crippen molar-refractivity contribution in [3.05, 3.63) is 22.7 Å². The monoisotopic (exact) mass is 439 g/mol. The first-order valence-corrected chi connectivity index (χ1v) is 9.84. The van der Waals surface area contributed by atoms with Crippen LogP contribution in [0.25, 0.3) is 0 Å². The van der Waals surface area contributed by atoms with Crippen LogP contribution in [0.15, 0.2) is 12.1 Å². The molecule has 2 fully saturated rings. The molecule has 1 N–H and O–H groups in total. The molecule has 0 aliphatic carbocycles. The Morgan fingerprint density at radius 3 is 2.22 bits per heavy atom. The molecule has 2 aliphatic heterocycles. The lowest BCUT2D eigenvalue weighted by Crippen LogP contribution is -2.50. The van der Waals surface area contributed by atoms with E-state index in [0.29, 0.717) is 13.2 Å². The van der Waals surface area contributed by atoms with Crippen molar-refractivity contribution in [2.45, 2.75) is 32.9 Å². The summed E-state index contributed by atoms with van der Waals surface area (Å²) in [4.78, 5) is 5.11. The van der Waals surface area contributed by atoms with Gasteiger partial charge in [0.25, 0.3) is 0 Å². The van der Waals surface area contributed by atoms with Crippen LogP contribution in [0, 0.1) is 0 Å². The zero-order valence-corrected chi connectivity index (χ0v) is 18.6. The average molecular weight is 441 g/mol. The Hall–Kier alpha value is -0.430. The number of rotatable bonds is 7. The van der Waals surface area contributed by atoms with Crippen molar-refractivity contribution in [3.63, 3.8) is 0 Å². The normalized spacial score (nSPS) is 20.6. The molecule has 8 heteroatoms. The van der Waals surface area contributed by atoms with Crippen LogP contribution in [0.4, 0.5) is 0 Å². The van der Waals surface area contributed by atoms with Gasteiger partial charge in [-0.05, 0) is 38.4 Å². The standard InChI is InChI=1S/C19H30ClN3O2.2ClH/c1-3-24-18-11-15(17(20)12-19(18)25-4-2)14-22-7-9-23(10-8-22)16-5-6-21-13-16;;/h11-12,16,21H,3-10,13-14H2,1-2H3;2*1H. The third kappa shape index (κ3) is 6.55. The molecule has 1 aromatic carbocycles. The lowest BCUT2D eigenvalue weighted by Gasteiger charge is -2.38. The highest BCUT2D eigenvalue weighted by molar-refractivity contribution is 6.31. The van der Waals surface area contributed by atoms with Gasteiger partial charge in [0, 0.05) is 56.4 Å². The first-order valence-electron chi connectivity index (χ1n) is 9.46. The molecule has 0 bridgehead atoms. The average Bonchev–Trinajstić information content (AvgIpc) is 3.14. The Labute approximate surface area is 180 Å². The second kappa shape index (κ2) is 12.2. The molecule has 0 radical (unpaired) electrons. The molecule has 1 unspecified atom stereocenters. The Kier molecular flexibility index (Phi) is 11.1. The van der Waals surface area contributed by atoms with Gasteiger partial charge < -0.3 is 14.8 Å². The number of nitrogens with one attached hydrogen (secondary N) is 1. The van der Waals surface area contributed by atoms with Gasteiger partial charge in [-0.25, -0.2) is 0 Å². The molecule has 1 aromatic rings. The topological polar surface area (TPSA) is 37.0 Å². The molecule has 3 rings (SSSR count). The smallest absolute Gasteiger partial charge is 0.162 e. The molecule has 2 heterocycles. The summed E-state index contributed by atoms with van der Waals surface area (Å²) in [6.45, 7) is 12.8.